The highest BCUT2D eigenvalue weighted by molar-refractivity contribution is 9.10. The van der Waals surface area contributed by atoms with E-state index in [0.29, 0.717) is 18.2 Å². The van der Waals surface area contributed by atoms with Crippen molar-refractivity contribution < 1.29 is 4.74 Å². The number of anilines is 1. The van der Waals surface area contributed by atoms with Crippen LogP contribution in [0.15, 0.2) is 45.5 Å². The fraction of sp³-hybridized carbons (Fsp3) is 0.0833. The van der Waals surface area contributed by atoms with Gasteiger partial charge in [-0.05, 0) is 39.7 Å². The van der Waals surface area contributed by atoms with Crippen molar-refractivity contribution in [3.63, 3.8) is 0 Å². The second-order valence-corrected chi connectivity index (χ2v) is 5.24. The van der Waals surface area contributed by atoms with Crippen LogP contribution in [0.3, 0.4) is 0 Å². The molecule has 17 heavy (non-hydrogen) atoms. The second kappa shape index (κ2) is 5.51. The van der Waals surface area contributed by atoms with Gasteiger partial charge >= 0.3 is 0 Å². The Morgan fingerprint density at radius 1 is 1.18 bits per heavy atom. The van der Waals surface area contributed by atoms with Crippen LogP contribution >= 0.6 is 31.9 Å². The van der Waals surface area contributed by atoms with E-state index < -0.39 is 0 Å². The summed E-state index contributed by atoms with van der Waals surface area (Å²) in [6.45, 7) is 0.475. The summed E-state index contributed by atoms with van der Waals surface area (Å²) in [5, 5.41) is 0. The highest BCUT2D eigenvalue weighted by Gasteiger charge is 2.03. The topological polar surface area (TPSA) is 48.1 Å². The summed E-state index contributed by atoms with van der Waals surface area (Å²) >= 11 is 6.74. The van der Waals surface area contributed by atoms with Gasteiger partial charge in [0.2, 0.25) is 5.88 Å². The molecule has 3 nitrogen and oxygen atoms in total. The van der Waals surface area contributed by atoms with Crippen molar-refractivity contribution in [3.05, 3.63) is 51.0 Å². The molecule has 2 rings (SSSR count). The van der Waals surface area contributed by atoms with E-state index in [2.05, 4.69) is 36.8 Å². The summed E-state index contributed by atoms with van der Waals surface area (Å²) in [5.41, 5.74) is 7.28. The van der Waals surface area contributed by atoms with Gasteiger partial charge in [-0.3, -0.25) is 0 Å². The zero-order valence-corrected chi connectivity index (χ0v) is 12.0. The Kier molecular flexibility index (Phi) is 4.02. The smallest absolute Gasteiger partial charge is 0.228 e. The van der Waals surface area contributed by atoms with Crippen molar-refractivity contribution in [2.24, 2.45) is 0 Å². The van der Waals surface area contributed by atoms with Crippen LogP contribution in [-0.4, -0.2) is 4.98 Å². The van der Waals surface area contributed by atoms with E-state index in [1.807, 2.05) is 24.3 Å². The number of aromatic nitrogens is 1. The highest BCUT2D eigenvalue weighted by Crippen LogP contribution is 2.24. The number of nitrogens with two attached hydrogens (primary N) is 1. The van der Waals surface area contributed by atoms with Crippen molar-refractivity contribution in [1.82, 2.24) is 4.98 Å². The molecule has 0 aliphatic heterocycles. The molecule has 1 heterocycles. The summed E-state index contributed by atoms with van der Waals surface area (Å²) < 4.78 is 7.40. The van der Waals surface area contributed by atoms with Gasteiger partial charge in [0.25, 0.3) is 0 Å². The van der Waals surface area contributed by atoms with Gasteiger partial charge in [0.15, 0.2) is 0 Å². The molecule has 1 aromatic heterocycles. The van der Waals surface area contributed by atoms with Crippen LogP contribution < -0.4 is 10.5 Å². The first-order valence-corrected chi connectivity index (χ1v) is 6.52. The molecular weight excluding hydrogens is 348 g/mol. The van der Waals surface area contributed by atoms with Crippen LogP contribution in [0.25, 0.3) is 0 Å². The summed E-state index contributed by atoms with van der Waals surface area (Å²) in [4.78, 5) is 4.11. The quantitative estimate of drug-likeness (QED) is 0.909. The van der Waals surface area contributed by atoms with E-state index in [-0.39, 0.29) is 0 Å². The minimum atomic E-state index is 0.475. The SMILES string of the molecule is Nc1cnc(OCc2ccc(Br)cc2)c(Br)c1. The zero-order chi connectivity index (χ0) is 12.3. The fourth-order valence-electron chi connectivity index (χ4n) is 1.28. The molecule has 0 aliphatic carbocycles. The Bertz CT molecular complexity index is 514. The Hall–Kier alpha value is -1.07. The van der Waals surface area contributed by atoms with E-state index in [9.17, 15) is 0 Å². The monoisotopic (exact) mass is 356 g/mol. The Labute approximate surface area is 116 Å². The number of benzene rings is 1. The molecule has 0 saturated carbocycles. The molecule has 0 amide bonds. The molecular formula is C12H10Br2N2O. The molecule has 2 N–H and O–H groups in total. The standard InChI is InChI=1S/C12H10Br2N2O/c13-9-3-1-8(2-4-9)7-17-12-11(14)5-10(15)6-16-12/h1-6H,7,15H2. The first-order valence-electron chi connectivity index (χ1n) is 4.93. The summed E-state index contributed by atoms with van der Waals surface area (Å²) in [6, 6.07) is 9.71. The van der Waals surface area contributed by atoms with Crippen LogP contribution in [0.2, 0.25) is 0 Å². The van der Waals surface area contributed by atoms with Crippen LogP contribution in [0.4, 0.5) is 5.69 Å². The third-order valence-corrected chi connectivity index (χ3v) is 3.21. The molecule has 0 unspecified atom stereocenters. The average Bonchev–Trinajstić information content (AvgIpc) is 2.30. The van der Waals surface area contributed by atoms with Crippen molar-refractivity contribution >= 4 is 37.5 Å². The predicted molar refractivity (Wildman–Crippen MR) is 74.8 cm³/mol. The Morgan fingerprint density at radius 3 is 2.53 bits per heavy atom. The molecule has 0 atom stereocenters. The number of hydrogen-bond donors (Lipinski definition) is 1. The Balaban J connectivity index is 2.04. The van der Waals surface area contributed by atoms with Crippen molar-refractivity contribution in [1.29, 1.82) is 0 Å². The highest BCUT2D eigenvalue weighted by atomic mass is 79.9. The molecule has 1 aromatic carbocycles. The molecule has 0 aliphatic rings. The third-order valence-electron chi connectivity index (χ3n) is 2.12. The second-order valence-electron chi connectivity index (χ2n) is 3.47. The maximum absolute atomic E-state index is 5.60. The van der Waals surface area contributed by atoms with Gasteiger partial charge in [-0.25, -0.2) is 4.98 Å². The average molecular weight is 358 g/mol. The summed E-state index contributed by atoms with van der Waals surface area (Å²) in [5.74, 6) is 0.544. The van der Waals surface area contributed by atoms with E-state index in [4.69, 9.17) is 10.5 Å². The van der Waals surface area contributed by atoms with E-state index in [0.717, 1.165) is 14.5 Å². The van der Waals surface area contributed by atoms with E-state index in [1.165, 1.54) is 0 Å². The van der Waals surface area contributed by atoms with Gasteiger partial charge < -0.3 is 10.5 Å². The lowest BCUT2D eigenvalue weighted by atomic mass is 10.2. The maximum Gasteiger partial charge on any atom is 0.228 e. The summed E-state index contributed by atoms with van der Waals surface area (Å²) in [7, 11) is 0. The fourth-order valence-corrected chi connectivity index (χ4v) is 2.02. The largest absolute Gasteiger partial charge is 0.472 e. The van der Waals surface area contributed by atoms with Crippen LogP contribution in [0.1, 0.15) is 5.56 Å². The van der Waals surface area contributed by atoms with Gasteiger partial charge in [-0.1, -0.05) is 28.1 Å². The first kappa shape index (κ1) is 12.4. The maximum atomic E-state index is 5.60. The zero-order valence-electron chi connectivity index (χ0n) is 8.86. The number of ether oxygens (including phenoxy) is 1. The first-order chi connectivity index (χ1) is 8.15. The third kappa shape index (κ3) is 3.44. The minimum absolute atomic E-state index is 0.475. The van der Waals surface area contributed by atoms with Gasteiger partial charge in [0.05, 0.1) is 16.4 Å². The lowest BCUT2D eigenvalue weighted by molar-refractivity contribution is 0.292. The molecule has 88 valence electrons. The van der Waals surface area contributed by atoms with Gasteiger partial charge in [0, 0.05) is 4.47 Å². The lowest BCUT2D eigenvalue weighted by Crippen LogP contribution is -1.98. The van der Waals surface area contributed by atoms with Crippen LogP contribution in [0, 0.1) is 0 Å². The van der Waals surface area contributed by atoms with Gasteiger partial charge in [-0.2, -0.15) is 0 Å². The molecule has 5 heteroatoms. The number of rotatable bonds is 3. The number of nitrogen functional groups attached to an aromatic ring is 1. The molecule has 2 aromatic rings. The molecule has 0 saturated heterocycles. The van der Waals surface area contributed by atoms with E-state index in [1.54, 1.807) is 12.3 Å². The van der Waals surface area contributed by atoms with Crippen LogP contribution in [-0.2, 0) is 6.61 Å². The molecule has 0 bridgehead atoms. The number of pyridine rings is 1. The molecule has 0 fully saturated rings. The number of hydrogen-bond acceptors (Lipinski definition) is 3. The van der Waals surface area contributed by atoms with Crippen LogP contribution in [0.5, 0.6) is 5.88 Å². The molecule has 0 radical (unpaired) electrons. The lowest BCUT2D eigenvalue weighted by Gasteiger charge is -2.07. The van der Waals surface area contributed by atoms with E-state index >= 15 is 0 Å². The minimum Gasteiger partial charge on any atom is -0.472 e. The van der Waals surface area contributed by atoms with Crippen molar-refractivity contribution in [2.75, 3.05) is 5.73 Å². The van der Waals surface area contributed by atoms with Gasteiger partial charge in [-0.15, -0.1) is 0 Å². The summed E-state index contributed by atoms with van der Waals surface area (Å²) in [6.07, 6.45) is 1.57. The predicted octanol–water partition coefficient (Wildman–Crippen LogP) is 3.77. The normalized spacial score (nSPS) is 10.2. The molecule has 0 spiro atoms. The number of nitrogens with zero attached hydrogens (tertiary/aromatic N) is 1. The van der Waals surface area contributed by atoms with Crippen molar-refractivity contribution in [2.45, 2.75) is 6.61 Å². The van der Waals surface area contributed by atoms with Crippen molar-refractivity contribution in [3.8, 4) is 5.88 Å². The van der Waals surface area contributed by atoms with Gasteiger partial charge in [0.1, 0.15) is 6.61 Å². The number of halogens is 2. The Morgan fingerprint density at radius 2 is 1.88 bits per heavy atom.